The molecule has 0 radical (unpaired) electrons. The molecule has 1 fully saturated rings. The Bertz CT molecular complexity index is 1080. The number of rotatable bonds is 4. The number of fused-ring (bicyclic) bond motifs is 1. The molecule has 3 aromatic rings. The van der Waals surface area contributed by atoms with Crippen LogP contribution in [0.15, 0.2) is 48.7 Å². The summed E-state index contributed by atoms with van der Waals surface area (Å²) in [6, 6.07) is 11.5. The van der Waals surface area contributed by atoms with E-state index in [1.165, 1.54) is 6.07 Å². The number of amides is 1. The third-order valence-corrected chi connectivity index (χ3v) is 6.14. The zero-order chi connectivity index (χ0) is 21.3. The van der Waals surface area contributed by atoms with Crippen molar-refractivity contribution >= 4 is 39.8 Å². The number of nitrogens with one attached hydrogen (secondary N) is 1. The highest BCUT2D eigenvalue weighted by Crippen LogP contribution is 2.33. The number of hydrogen-bond donors (Lipinski definition) is 2. The van der Waals surface area contributed by atoms with Crippen LogP contribution in [0.2, 0.25) is 5.02 Å². The van der Waals surface area contributed by atoms with Crippen LogP contribution in [0.3, 0.4) is 0 Å². The van der Waals surface area contributed by atoms with Crippen molar-refractivity contribution in [3.05, 3.63) is 65.1 Å². The van der Waals surface area contributed by atoms with E-state index in [-0.39, 0.29) is 17.8 Å². The summed E-state index contributed by atoms with van der Waals surface area (Å²) >= 11 is 5.92. The second kappa shape index (κ2) is 8.58. The summed E-state index contributed by atoms with van der Waals surface area (Å²) in [4.78, 5) is 19.2. The van der Waals surface area contributed by atoms with Gasteiger partial charge in [0.25, 0.3) is 0 Å². The van der Waals surface area contributed by atoms with Crippen LogP contribution in [0.5, 0.6) is 0 Å². The number of nitrogens with zero attached hydrogens (tertiary/aromatic N) is 2. The van der Waals surface area contributed by atoms with Crippen molar-refractivity contribution in [2.24, 2.45) is 0 Å². The number of carbonyl (C=O) groups is 1. The molecule has 0 bridgehead atoms. The van der Waals surface area contributed by atoms with Gasteiger partial charge in [-0.15, -0.1) is 0 Å². The molecule has 30 heavy (non-hydrogen) atoms. The number of aromatic nitrogens is 1. The molecule has 4 rings (SSSR count). The molecule has 0 spiro atoms. The average Bonchev–Trinajstić information content (AvgIpc) is 2.75. The fourth-order valence-corrected chi connectivity index (χ4v) is 4.32. The summed E-state index contributed by atoms with van der Waals surface area (Å²) in [5, 5.41) is 4.30. The first-order valence-electron chi connectivity index (χ1n) is 10.1. The number of halogens is 2. The highest BCUT2D eigenvalue weighted by atomic mass is 35.5. The number of anilines is 2. The lowest BCUT2D eigenvalue weighted by Crippen LogP contribution is -2.45. The van der Waals surface area contributed by atoms with Crippen LogP contribution in [0, 0.1) is 5.82 Å². The van der Waals surface area contributed by atoms with Crippen LogP contribution in [0.1, 0.15) is 31.2 Å². The highest BCUT2D eigenvalue weighted by molar-refractivity contribution is 6.31. The van der Waals surface area contributed by atoms with Crippen molar-refractivity contribution in [1.29, 1.82) is 0 Å². The fourth-order valence-electron chi connectivity index (χ4n) is 4.14. The summed E-state index contributed by atoms with van der Waals surface area (Å²) < 4.78 is 13.8. The summed E-state index contributed by atoms with van der Waals surface area (Å²) in [6.45, 7) is 3.47. The van der Waals surface area contributed by atoms with Crippen LogP contribution < -0.4 is 11.1 Å². The van der Waals surface area contributed by atoms with Gasteiger partial charge in [-0.1, -0.05) is 11.6 Å². The van der Waals surface area contributed by atoms with Crippen LogP contribution in [0.25, 0.3) is 10.9 Å². The van der Waals surface area contributed by atoms with E-state index < -0.39 is 0 Å². The van der Waals surface area contributed by atoms with Crippen LogP contribution in [0.4, 0.5) is 15.8 Å². The van der Waals surface area contributed by atoms with Gasteiger partial charge in [0.15, 0.2) is 0 Å². The van der Waals surface area contributed by atoms with E-state index >= 15 is 0 Å². The van der Waals surface area contributed by atoms with Gasteiger partial charge in [-0.2, -0.15) is 0 Å². The Morgan fingerprint density at radius 3 is 2.73 bits per heavy atom. The molecule has 0 saturated carbocycles. The molecule has 1 aliphatic heterocycles. The van der Waals surface area contributed by atoms with Gasteiger partial charge in [-0.25, -0.2) is 4.39 Å². The van der Waals surface area contributed by atoms with Gasteiger partial charge in [-0.3, -0.25) is 14.7 Å². The third kappa shape index (κ3) is 4.25. The first-order chi connectivity index (χ1) is 14.4. The van der Waals surface area contributed by atoms with E-state index in [2.05, 4.69) is 15.2 Å². The Morgan fingerprint density at radius 2 is 2.00 bits per heavy atom. The molecule has 1 unspecified atom stereocenters. The molecular weight excluding hydrogens is 403 g/mol. The normalized spacial score (nSPS) is 16.5. The standard InChI is InChI=1S/C23H24ClFN4O/c1-14(23(30)28-22-4-2-16(24)12-20(22)26)29-10-7-15(8-11-29)18-6-9-27-21-5-3-17(25)13-19(18)21/h2-6,9,12-15H,7-8,10-11,26H2,1H3,(H,28,30). The number of likely N-dealkylation sites (tertiary alicyclic amines) is 1. The number of pyridine rings is 1. The van der Waals surface area contributed by atoms with Crippen LogP contribution in [-0.2, 0) is 4.79 Å². The number of hydrogen-bond acceptors (Lipinski definition) is 4. The maximum atomic E-state index is 13.8. The van der Waals surface area contributed by atoms with E-state index in [1.807, 2.05) is 13.0 Å². The Hall–Kier alpha value is -2.70. The van der Waals surface area contributed by atoms with Crippen molar-refractivity contribution in [3.8, 4) is 0 Å². The molecule has 0 aliphatic carbocycles. The van der Waals surface area contributed by atoms with Gasteiger partial charge in [0.1, 0.15) is 5.82 Å². The van der Waals surface area contributed by atoms with Gasteiger partial charge in [0, 0.05) is 16.6 Å². The van der Waals surface area contributed by atoms with E-state index in [1.54, 1.807) is 36.5 Å². The predicted octanol–water partition coefficient (Wildman–Crippen LogP) is 4.82. The molecule has 1 aliphatic rings. The molecule has 7 heteroatoms. The maximum absolute atomic E-state index is 13.8. The van der Waals surface area contributed by atoms with Gasteiger partial charge < -0.3 is 11.1 Å². The summed E-state index contributed by atoms with van der Waals surface area (Å²) in [6.07, 6.45) is 3.58. The number of nitrogen functional groups attached to an aromatic ring is 1. The first-order valence-corrected chi connectivity index (χ1v) is 10.4. The minimum atomic E-state index is -0.285. The van der Waals surface area contributed by atoms with E-state index in [0.29, 0.717) is 22.3 Å². The molecule has 1 saturated heterocycles. The number of benzene rings is 2. The lowest BCUT2D eigenvalue weighted by atomic mass is 9.87. The monoisotopic (exact) mass is 426 g/mol. The van der Waals surface area contributed by atoms with Crippen molar-refractivity contribution in [1.82, 2.24) is 9.88 Å². The highest BCUT2D eigenvalue weighted by Gasteiger charge is 2.28. The molecule has 1 aromatic heterocycles. The lowest BCUT2D eigenvalue weighted by molar-refractivity contribution is -0.121. The minimum absolute atomic E-state index is 0.0982. The Balaban J connectivity index is 1.42. The summed E-state index contributed by atoms with van der Waals surface area (Å²) in [5.41, 5.74) is 8.89. The Kier molecular flexibility index (Phi) is 5.88. The van der Waals surface area contributed by atoms with Crippen LogP contribution >= 0.6 is 11.6 Å². The Morgan fingerprint density at radius 1 is 1.23 bits per heavy atom. The van der Waals surface area contributed by atoms with Crippen molar-refractivity contribution in [2.45, 2.75) is 31.7 Å². The van der Waals surface area contributed by atoms with Crippen molar-refractivity contribution in [2.75, 3.05) is 24.1 Å². The predicted molar refractivity (Wildman–Crippen MR) is 119 cm³/mol. The molecule has 1 amide bonds. The van der Waals surface area contributed by atoms with E-state index in [9.17, 15) is 9.18 Å². The lowest BCUT2D eigenvalue weighted by Gasteiger charge is -2.35. The molecule has 2 heterocycles. The van der Waals surface area contributed by atoms with Crippen molar-refractivity contribution < 1.29 is 9.18 Å². The fraction of sp³-hybridized carbons (Fsp3) is 0.304. The topological polar surface area (TPSA) is 71.2 Å². The molecule has 5 nitrogen and oxygen atoms in total. The molecule has 2 aromatic carbocycles. The Labute approximate surface area is 180 Å². The van der Waals surface area contributed by atoms with Crippen LogP contribution in [-0.4, -0.2) is 34.9 Å². The smallest absolute Gasteiger partial charge is 0.241 e. The molecule has 1 atom stereocenters. The van der Waals surface area contributed by atoms with Gasteiger partial charge in [0.05, 0.1) is 22.9 Å². The molecular formula is C23H24ClFN4O. The largest absolute Gasteiger partial charge is 0.397 e. The number of nitrogens with two attached hydrogens (primary N) is 1. The maximum Gasteiger partial charge on any atom is 0.241 e. The van der Waals surface area contributed by atoms with Gasteiger partial charge in [-0.05, 0) is 86.8 Å². The van der Waals surface area contributed by atoms with E-state index in [4.69, 9.17) is 17.3 Å². The van der Waals surface area contributed by atoms with Gasteiger partial charge >= 0.3 is 0 Å². The average molecular weight is 427 g/mol. The zero-order valence-corrected chi connectivity index (χ0v) is 17.5. The zero-order valence-electron chi connectivity index (χ0n) is 16.7. The second-order valence-corrected chi connectivity index (χ2v) is 8.21. The third-order valence-electron chi connectivity index (χ3n) is 5.91. The molecule has 156 valence electrons. The minimum Gasteiger partial charge on any atom is -0.397 e. The molecule has 3 N–H and O–H groups in total. The van der Waals surface area contributed by atoms with E-state index in [0.717, 1.165) is 42.4 Å². The summed E-state index contributed by atoms with van der Waals surface area (Å²) in [5.74, 6) is -0.0319. The SMILES string of the molecule is CC(C(=O)Nc1ccc(Cl)cc1N)N1CCC(c2ccnc3ccc(F)cc23)CC1. The quantitative estimate of drug-likeness (QED) is 0.587. The first kappa shape index (κ1) is 20.6. The number of carbonyl (C=O) groups excluding carboxylic acids is 1. The number of piperidine rings is 1. The van der Waals surface area contributed by atoms with Gasteiger partial charge in [0.2, 0.25) is 5.91 Å². The second-order valence-electron chi connectivity index (χ2n) is 7.77. The summed E-state index contributed by atoms with van der Waals surface area (Å²) in [7, 11) is 0. The van der Waals surface area contributed by atoms with Crippen molar-refractivity contribution in [3.63, 3.8) is 0 Å².